The lowest BCUT2D eigenvalue weighted by Gasteiger charge is -2.09. The Labute approximate surface area is 296 Å². The van der Waals surface area contributed by atoms with E-state index in [4.69, 9.17) is 52.1 Å². The van der Waals surface area contributed by atoms with E-state index in [1.54, 1.807) is 0 Å². The lowest BCUT2D eigenvalue weighted by atomic mass is 10.1. The molecule has 0 unspecified atom stereocenters. The van der Waals surface area contributed by atoms with E-state index >= 15 is 0 Å². The molecule has 0 atom stereocenters. The predicted octanol–water partition coefficient (Wildman–Crippen LogP) is 4.94. The molecular formula is C36H70O13. The van der Waals surface area contributed by atoms with Gasteiger partial charge in [-0.1, -0.05) is 65.2 Å². The first-order valence-electron chi connectivity index (χ1n) is 18.7. The second-order valence-corrected chi connectivity index (χ2v) is 11.3. The molecule has 13 nitrogen and oxygen atoms in total. The standard InChI is InChI=1S/C36H70O13/c1-3-5-7-9-10-12-14-36(38)49-34-32-47-30-28-45-26-24-43-22-20-41-18-16-39-15-17-40-19-21-42-23-25-44-27-29-46-31-33-48-35(37)13-11-8-6-4-2/h3-34H2,1-2H3. The van der Waals surface area contributed by atoms with Crippen molar-refractivity contribution in [2.75, 3.05) is 132 Å². The number of carbonyl (C=O) groups excluding carboxylic acids is 2. The monoisotopic (exact) mass is 710 g/mol. The SMILES string of the molecule is CCCCCCCCC(=O)OCCOCCOCCOCCOCCOCCOCCOCCOCCOCCOC(=O)CCCCCC. The summed E-state index contributed by atoms with van der Waals surface area (Å²) in [6.07, 6.45) is 12.2. The smallest absolute Gasteiger partial charge is 0.305 e. The fourth-order valence-corrected chi connectivity index (χ4v) is 4.18. The number of rotatable bonds is 42. The van der Waals surface area contributed by atoms with Crippen LogP contribution in [0.15, 0.2) is 0 Å². The maximum absolute atomic E-state index is 11.7. The first-order chi connectivity index (χ1) is 24.2. The maximum Gasteiger partial charge on any atom is 0.305 e. The third kappa shape index (κ3) is 42.7. The second-order valence-electron chi connectivity index (χ2n) is 11.3. The van der Waals surface area contributed by atoms with Gasteiger partial charge in [0.1, 0.15) is 13.2 Å². The van der Waals surface area contributed by atoms with Crippen LogP contribution in [0.25, 0.3) is 0 Å². The molecule has 49 heavy (non-hydrogen) atoms. The Morgan fingerprint density at radius 2 is 0.490 bits per heavy atom. The average molecular weight is 711 g/mol. The van der Waals surface area contributed by atoms with Crippen LogP contribution in [0.3, 0.4) is 0 Å². The van der Waals surface area contributed by atoms with Crippen molar-refractivity contribution in [3.05, 3.63) is 0 Å². The zero-order chi connectivity index (χ0) is 35.6. The minimum Gasteiger partial charge on any atom is -0.463 e. The van der Waals surface area contributed by atoms with Crippen molar-refractivity contribution in [1.82, 2.24) is 0 Å². The Hall–Kier alpha value is -1.42. The van der Waals surface area contributed by atoms with Crippen LogP contribution in [0, 0.1) is 0 Å². The number of esters is 2. The zero-order valence-corrected chi connectivity index (χ0v) is 30.9. The Balaban J connectivity index is 3.12. The number of unbranched alkanes of at least 4 members (excludes halogenated alkanes) is 8. The Kier molecular flexibility index (Phi) is 41.5. The number of hydrogen-bond donors (Lipinski definition) is 0. The van der Waals surface area contributed by atoms with Crippen molar-refractivity contribution in [3.63, 3.8) is 0 Å². The van der Waals surface area contributed by atoms with Gasteiger partial charge in [-0.2, -0.15) is 0 Å². The molecular weight excluding hydrogens is 640 g/mol. The van der Waals surface area contributed by atoms with E-state index < -0.39 is 0 Å². The minimum atomic E-state index is -0.154. The van der Waals surface area contributed by atoms with Gasteiger partial charge < -0.3 is 52.1 Å². The lowest BCUT2D eigenvalue weighted by Crippen LogP contribution is -2.15. The molecule has 292 valence electrons. The molecule has 0 aromatic rings. The van der Waals surface area contributed by atoms with Crippen LogP contribution in [-0.4, -0.2) is 144 Å². The topological polar surface area (TPSA) is 136 Å². The summed E-state index contributed by atoms with van der Waals surface area (Å²) in [5.74, 6) is -0.300. The van der Waals surface area contributed by atoms with Gasteiger partial charge >= 0.3 is 11.9 Å². The van der Waals surface area contributed by atoms with Crippen molar-refractivity contribution >= 4 is 11.9 Å². The fourth-order valence-electron chi connectivity index (χ4n) is 4.18. The van der Waals surface area contributed by atoms with Gasteiger partial charge in [-0.25, -0.2) is 0 Å². The van der Waals surface area contributed by atoms with Crippen LogP contribution in [0.1, 0.15) is 90.9 Å². The first kappa shape index (κ1) is 47.6. The molecule has 0 heterocycles. The fraction of sp³-hybridized carbons (Fsp3) is 0.944. The largest absolute Gasteiger partial charge is 0.463 e. The van der Waals surface area contributed by atoms with Gasteiger partial charge in [0.2, 0.25) is 0 Å². The van der Waals surface area contributed by atoms with Crippen LogP contribution in [-0.2, 0) is 61.7 Å². The number of ether oxygens (including phenoxy) is 11. The molecule has 0 N–H and O–H groups in total. The molecule has 13 heteroatoms. The molecule has 0 aliphatic rings. The van der Waals surface area contributed by atoms with Gasteiger partial charge in [-0.15, -0.1) is 0 Å². The van der Waals surface area contributed by atoms with Gasteiger partial charge in [0.15, 0.2) is 0 Å². The lowest BCUT2D eigenvalue weighted by molar-refractivity contribution is -0.146. The molecule has 0 aromatic heterocycles. The van der Waals surface area contributed by atoms with Crippen molar-refractivity contribution in [2.24, 2.45) is 0 Å². The molecule has 0 rings (SSSR count). The summed E-state index contributed by atoms with van der Waals surface area (Å²) in [6.45, 7) is 13.4. The van der Waals surface area contributed by atoms with Crippen LogP contribution >= 0.6 is 0 Å². The molecule has 0 aliphatic carbocycles. The Morgan fingerprint density at radius 1 is 0.286 bits per heavy atom. The summed E-state index contributed by atoms with van der Waals surface area (Å²) < 4.78 is 59.4. The third-order valence-electron chi connectivity index (χ3n) is 6.93. The molecule has 0 saturated carbocycles. The van der Waals surface area contributed by atoms with Crippen LogP contribution in [0.4, 0.5) is 0 Å². The molecule has 0 aliphatic heterocycles. The van der Waals surface area contributed by atoms with Gasteiger partial charge in [0.05, 0.1) is 119 Å². The van der Waals surface area contributed by atoms with E-state index in [2.05, 4.69) is 13.8 Å². The zero-order valence-electron chi connectivity index (χ0n) is 30.9. The van der Waals surface area contributed by atoms with Crippen LogP contribution in [0.5, 0.6) is 0 Å². The molecule has 0 aromatic carbocycles. The quantitative estimate of drug-likeness (QED) is 0.0626. The van der Waals surface area contributed by atoms with Crippen LogP contribution < -0.4 is 0 Å². The number of hydrogen-bond acceptors (Lipinski definition) is 13. The van der Waals surface area contributed by atoms with Gasteiger partial charge in [0.25, 0.3) is 0 Å². The first-order valence-corrected chi connectivity index (χ1v) is 18.7. The van der Waals surface area contributed by atoms with Gasteiger partial charge in [-0.3, -0.25) is 9.59 Å². The van der Waals surface area contributed by atoms with E-state index in [9.17, 15) is 9.59 Å². The van der Waals surface area contributed by atoms with E-state index in [0.29, 0.717) is 132 Å². The molecule has 0 saturated heterocycles. The average Bonchev–Trinajstić information content (AvgIpc) is 3.10. The van der Waals surface area contributed by atoms with E-state index in [1.807, 2.05) is 0 Å². The summed E-state index contributed by atoms with van der Waals surface area (Å²) in [7, 11) is 0. The highest BCUT2D eigenvalue weighted by molar-refractivity contribution is 5.69. The van der Waals surface area contributed by atoms with Gasteiger partial charge in [0, 0.05) is 12.8 Å². The van der Waals surface area contributed by atoms with E-state index in [1.165, 1.54) is 25.7 Å². The van der Waals surface area contributed by atoms with E-state index in [-0.39, 0.29) is 25.2 Å². The highest BCUT2D eigenvalue weighted by Gasteiger charge is 2.04. The van der Waals surface area contributed by atoms with Gasteiger partial charge in [-0.05, 0) is 12.8 Å². The van der Waals surface area contributed by atoms with Crippen molar-refractivity contribution in [3.8, 4) is 0 Å². The molecule has 0 spiro atoms. The molecule has 0 amide bonds. The van der Waals surface area contributed by atoms with Crippen LogP contribution in [0.2, 0.25) is 0 Å². The third-order valence-corrected chi connectivity index (χ3v) is 6.93. The van der Waals surface area contributed by atoms with Crippen molar-refractivity contribution in [2.45, 2.75) is 90.9 Å². The summed E-state index contributed by atoms with van der Waals surface area (Å²) in [4.78, 5) is 23.2. The molecule has 0 radical (unpaired) electrons. The molecule has 0 bridgehead atoms. The van der Waals surface area contributed by atoms with Crippen molar-refractivity contribution in [1.29, 1.82) is 0 Å². The number of carbonyl (C=O) groups is 2. The summed E-state index contributed by atoms with van der Waals surface area (Å²) in [5, 5.41) is 0. The summed E-state index contributed by atoms with van der Waals surface area (Å²) in [5.41, 5.74) is 0. The Morgan fingerprint density at radius 3 is 0.755 bits per heavy atom. The predicted molar refractivity (Wildman–Crippen MR) is 186 cm³/mol. The normalized spacial score (nSPS) is 11.3. The molecule has 0 fully saturated rings. The second kappa shape index (κ2) is 42.7. The summed E-state index contributed by atoms with van der Waals surface area (Å²) >= 11 is 0. The maximum atomic E-state index is 11.7. The Bertz CT molecular complexity index is 669. The summed E-state index contributed by atoms with van der Waals surface area (Å²) in [6, 6.07) is 0. The van der Waals surface area contributed by atoms with E-state index in [0.717, 1.165) is 38.5 Å². The van der Waals surface area contributed by atoms with Crippen molar-refractivity contribution < 1.29 is 61.7 Å². The minimum absolute atomic E-state index is 0.146. The highest BCUT2D eigenvalue weighted by atomic mass is 16.6. The highest BCUT2D eigenvalue weighted by Crippen LogP contribution is 2.07.